The molecule has 0 radical (unpaired) electrons. The monoisotopic (exact) mass is 529 g/mol. The number of hydrogen-bond donors (Lipinski definition) is 1. The van der Waals surface area contributed by atoms with Crippen LogP contribution in [0, 0.1) is 6.92 Å². The van der Waals surface area contributed by atoms with Crippen LogP contribution in [0.1, 0.15) is 18.4 Å². The van der Waals surface area contributed by atoms with E-state index in [1.165, 1.54) is 22.5 Å². The standard InChI is InChI=1S/C22H28ClN3O6S2/c1-17-5-6-18(15-21(17)23)26(33(2,28)29)16-22(27)24-11-14-32-19-7-9-20(10-8-19)34(30,31)25-12-3-4-13-25/h5-10,15H,3-4,11-14,16H2,1-2H3,(H,24,27). The minimum absolute atomic E-state index is 0.124. The van der Waals surface area contributed by atoms with E-state index in [4.69, 9.17) is 16.3 Å². The van der Waals surface area contributed by atoms with Crippen LogP contribution in [0.15, 0.2) is 47.4 Å². The third-order valence-electron chi connectivity index (χ3n) is 5.35. The highest BCUT2D eigenvalue weighted by Gasteiger charge is 2.27. The highest BCUT2D eigenvalue weighted by atomic mass is 35.5. The van der Waals surface area contributed by atoms with Gasteiger partial charge >= 0.3 is 0 Å². The summed E-state index contributed by atoms with van der Waals surface area (Å²) < 4.78 is 57.5. The topological polar surface area (TPSA) is 113 Å². The lowest BCUT2D eigenvalue weighted by atomic mass is 10.2. The van der Waals surface area contributed by atoms with Gasteiger partial charge in [-0.25, -0.2) is 16.8 Å². The van der Waals surface area contributed by atoms with Crippen LogP contribution in [0.2, 0.25) is 5.02 Å². The maximum Gasteiger partial charge on any atom is 0.243 e. The van der Waals surface area contributed by atoms with Gasteiger partial charge in [-0.1, -0.05) is 17.7 Å². The average Bonchev–Trinajstić information content (AvgIpc) is 3.33. The summed E-state index contributed by atoms with van der Waals surface area (Å²) in [6, 6.07) is 10.9. The van der Waals surface area contributed by atoms with Crippen molar-refractivity contribution in [2.24, 2.45) is 0 Å². The molecule has 0 spiro atoms. The van der Waals surface area contributed by atoms with E-state index in [1.54, 1.807) is 31.2 Å². The average molecular weight is 530 g/mol. The molecule has 1 saturated heterocycles. The lowest BCUT2D eigenvalue weighted by Gasteiger charge is -2.22. The molecule has 1 amide bonds. The van der Waals surface area contributed by atoms with Crippen molar-refractivity contribution in [2.75, 3.05) is 43.3 Å². The van der Waals surface area contributed by atoms with Crippen LogP contribution in [-0.4, -0.2) is 66.1 Å². The summed E-state index contributed by atoms with van der Waals surface area (Å²) in [5, 5.41) is 3.02. The molecular formula is C22H28ClN3O6S2. The fraction of sp³-hybridized carbons (Fsp3) is 0.409. The summed E-state index contributed by atoms with van der Waals surface area (Å²) in [5.41, 5.74) is 1.09. The number of halogens is 1. The van der Waals surface area contributed by atoms with Crippen LogP contribution in [0.3, 0.4) is 0 Å². The molecule has 186 valence electrons. The number of benzene rings is 2. The third kappa shape index (κ3) is 6.62. The molecule has 2 aromatic carbocycles. The number of aryl methyl sites for hydroxylation is 1. The molecule has 34 heavy (non-hydrogen) atoms. The van der Waals surface area contributed by atoms with Crippen molar-refractivity contribution < 1.29 is 26.4 Å². The predicted molar refractivity (Wildman–Crippen MR) is 131 cm³/mol. The van der Waals surface area contributed by atoms with Crippen molar-refractivity contribution in [3.05, 3.63) is 53.1 Å². The number of carbonyl (C=O) groups is 1. The van der Waals surface area contributed by atoms with Crippen molar-refractivity contribution in [1.29, 1.82) is 0 Å². The number of amides is 1. The first kappa shape index (κ1) is 26.3. The summed E-state index contributed by atoms with van der Waals surface area (Å²) in [6.07, 6.45) is 2.75. The molecule has 0 aromatic heterocycles. The molecule has 0 aliphatic carbocycles. The Labute approximate surface area is 205 Å². The number of rotatable bonds is 10. The minimum Gasteiger partial charge on any atom is -0.492 e. The van der Waals surface area contributed by atoms with Gasteiger partial charge in [-0.2, -0.15) is 4.31 Å². The maximum absolute atomic E-state index is 12.6. The highest BCUT2D eigenvalue weighted by Crippen LogP contribution is 2.25. The van der Waals surface area contributed by atoms with Crippen LogP contribution in [0.25, 0.3) is 0 Å². The lowest BCUT2D eigenvalue weighted by Crippen LogP contribution is -2.41. The Morgan fingerprint density at radius 1 is 1.09 bits per heavy atom. The molecule has 0 unspecified atom stereocenters. The molecule has 12 heteroatoms. The first-order valence-electron chi connectivity index (χ1n) is 10.7. The fourth-order valence-corrected chi connectivity index (χ4v) is 6.01. The van der Waals surface area contributed by atoms with Gasteiger partial charge in [0.1, 0.15) is 18.9 Å². The molecule has 2 aromatic rings. The molecule has 0 saturated carbocycles. The van der Waals surface area contributed by atoms with Crippen molar-refractivity contribution in [3.63, 3.8) is 0 Å². The summed E-state index contributed by atoms with van der Waals surface area (Å²) >= 11 is 6.10. The Bertz CT molecular complexity index is 1230. The molecule has 1 N–H and O–H groups in total. The Hall–Kier alpha value is -2.34. The van der Waals surface area contributed by atoms with Crippen molar-refractivity contribution >= 4 is 43.2 Å². The molecule has 0 bridgehead atoms. The number of ether oxygens (including phenoxy) is 1. The Morgan fingerprint density at radius 2 is 1.74 bits per heavy atom. The smallest absolute Gasteiger partial charge is 0.243 e. The van der Waals surface area contributed by atoms with Crippen LogP contribution in [0.4, 0.5) is 5.69 Å². The number of anilines is 1. The van der Waals surface area contributed by atoms with Crippen molar-refractivity contribution in [3.8, 4) is 5.75 Å². The van der Waals surface area contributed by atoms with E-state index in [1.807, 2.05) is 0 Å². The van der Waals surface area contributed by atoms with E-state index >= 15 is 0 Å². The Kier molecular flexibility index (Phi) is 8.45. The first-order valence-corrected chi connectivity index (χ1v) is 14.4. The zero-order valence-corrected chi connectivity index (χ0v) is 21.4. The first-order chi connectivity index (χ1) is 16.0. The van der Waals surface area contributed by atoms with E-state index in [-0.39, 0.29) is 18.0 Å². The number of sulfonamides is 2. The van der Waals surface area contributed by atoms with E-state index in [0.29, 0.717) is 29.5 Å². The second-order valence-electron chi connectivity index (χ2n) is 7.98. The molecule has 1 aliphatic rings. The zero-order valence-electron chi connectivity index (χ0n) is 19.0. The van der Waals surface area contributed by atoms with Crippen LogP contribution in [-0.2, 0) is 24.8 Å². The van der Waals surface area contributed by atoms with Gasteiger partial charge < -0.3 is 10.1 Å². The van der Waals surface area contributed by atoms with Gasteiger partial charge in [0.25, 0.3) is 0 Å². The van der Waals surface area contributed by atoms with Crippen LogP contribution in [0.5, 0.6) is 5.75 Å². The largest absolute Gasteiger partial charge is 0.492 e. The van der Waals surface area contributed by atoms with Gasteiger partial charge in [-0.15, -0.1) is 0 Å². The third-order valence-corrected chi connectivity index (χ3v) is 8.81. The fourth-order valence-electron chi connectivity index (χ4n) is 3.47. The van der Waals surface area contributed by atoms with Crippen LogP contribution < -0.4 is 14.4 Å². The number of nitrogens with zero attached hydrogens (tertiary/aromatic N) is 2. The minimum atomic E-state index is -3.71. The van der Waals surface area contributed by atoms with Gasteiger partial charge in [0.2, 0.25) is 26.0 Å². The molecule has 3 rings (SSSR count). The van der Waals surface area contributed by atoms with E-state index in [0.717, 1.165) is 29.0 Å². The van der Waals surface area contributed by atoms with Crippen LogP contribution >= 0.6 is 11.6 Å². The van der Waals surface area contributed by atoms with E-state index in [2.05, 4.69) is 5.32 Å². The lowest BCUT2D eigenvalue weighted by molar-refractivity contribution is -0.119. The Morgan fingerprint density at radius 3 is 2.32 bits per heavy atom. The van der Waals surface area contributed by atoms with E-state index in [9.17, 15) is 21.6 Å². The quantitative estimate of drug-likeness (QED) is 0.473. The summed E-state index contributed by atoms with van der Waals surface area (Å²) in [6.45, 7) is 2.73. The molecule has 9 nitrogen and oxygen atoms in total. The van der Waals surface area contributed by atoms with Gasteiger partial charge in [-0.3, -0.25) is 9.10 Å². The van der Waals surface area contributed by atoms with Crippen molar-refractivity contribution in [2.45, 2.75) is 24.7 Å². The SMILES string of the molecule is Cc1ccc(N(CC(=O)NCCOc2ccc(S(=O)(=O)N3CCCC3)cc2)S(C)(=O)=O)cc1Cl. The molecule has 1 heterocycles. The number of carbonyl (C=O) groups excluding carboxylic acids is 1. The highest BCUT2D eigenvalue weighted by molar-refractivity contribution is 7.92. The van der Waals surface area contributed by atoms with E-state index < -0.39 is 32.5 Å². The van der Waals surface area contributed by atoms with Gasteiger partial charge in [0, 0.05) is 18.1 Å². The van der Waals surface area contributed by atoms with Gasteiger partial charge in [0.05, 0.1) is 23.4 Å². The van der Waals surface area contributed by atoms with Gasteiger partial charge in [-0.05, 0) is 61.7 Å². The van der Waals surface area contributed by atoms with Crippen molar-refractivity contribution in [1.82, 2.24) is 9.62 Å². The molecule has 0 atom stereocenters. The summed E-state index contributed by atoms with van der Waals surface area (Å²) in [5.74, 6) is -0.0422. The molecular weight excluding hydrogens is 502 g/mol. The molecule has 1 fully saturated rings. The number of hydrogen-bond acceptors (Lipinski definition) is 6. The Balaban J connectivity index is 1.51. The molecule has 1 aliphatic heterocycles. The normalized spacial score (nSPS) is 14.7. The predicted octanol–water partition coefficient (Wildman–Crippen LogP) is 2.39. The van der Waals surface area contributed by atoms with Gasteiger partial charge in [0.15, 0.2) is 0 Å². The summed E-state index contributed by atoms with van der Waals surface area (Å²) in [7, 11) is -7.19. The maximum atomic E-state index is 12.6. The zero-order chi connectivity index (χ0) is 24.9. The second kappa shape index (κ2) is 10.9. The number of nitrogens with one attached hydrogen (secondary N) is 1. The summed E-state index contributed by atoms with van der Waals surface area (Å²) in [4.78, 5) is 12.6. The second-order valence-corrected chi connectivity index (χ2v) is 12.2.